The van der Waals surface area contributed by atoms with E-state index in [9.17, 15) is 4.79 Å². The summed E-state index contributed by atoms with van der Waals surface area (Å²) < 4.78 is 6.93. The summed E-state index contributed by atoms with van der Waals surface area (Å²) >= 11 is 0. The number of hydrogen-bond acceptors (Lipinski definition) is 6. The second kappa shape index (κ2) is 6.76. The molecule has 1 N–H and O–H groups in total. The second-order valence-corrected chi connectivity index (χ2v) is 5.91. The number of likely N-dealkylation sites (tertiary alicyclic amines) is 1. The summed E-state index contributed by atoms with van der Waals surface area (Å²) in [5.41, 5.74) is 0. The minimum atomic E-state index is -0.0437. The number of nitrogens with one attached hydrogen (secondary N) is 1. The molecule has 0 spiro atoms. The number of carbonyl (C=O) groups is 1. The van der Waals surface area contributed by atoms with Gasteiger partial charge in [0.25, 0.3) is 0 Å². The fourth-order valence-corrected chi connectivity index (χ4v) is 2.76. The number of rotatable bonds is 4. The van der Waals surface area contributed by atoms with Gasteiger partial charge in [-0.25, -0.2) is 9.78 Å². The zero-order valence-electron chi connectivity index (χ0n) is 13.3. The van der Waals surface area contributed by atoms with Gasteiger partial charge in [-0.15, -0.1) is 0 Å². The molecule has 1 aliphatic heterocycles. The van der Waals surface area contributed by atoms with Crippen LogP contribution in [0.25, 0.3) is 0 Å². The fourth-order valence-electron chi connectivity index (χ4n) is 2.76. The highest BCUT2D eigenvalue weighted by atomic mass is 16.5. The van der Waals surface area contributed by atoms with E-state index in [-0.39, 0.29) is 18.0 Å². The third-order valence-corrected chi connectivity index (χ3v) is 3.97. The maximum Gasteiger partial charge on any atom is 0.317 e. The van der Waals surface area contributed by atoms with Crippen molar-refractivity contribution in [1.29, 1.82) is 0 Å². The van der Waals surface area contributed by atoms with Crippen LogP contribution in [-0.2, 0) is 6.54 Å². The van der Waals surface area contributed by atoms with Crippen molar-refractivity contribution in [3.05, 3.63) is 24.4 Å². The van der Waals surface area contributed by atoms with E-state index < -0.39 is 0 Å². The molecule has 124 valence electrons. The normalized spacial score (nSPS) is 17.2. The topological polar surface area (TPSA) is 102 Å². The summed E-state index contributed by atoms with van der Waals surface area (Å²) in [5, 5.41) is 10.9. The Morgan fingerprint density at radius 1 is 1.48 bits per heavy atom. The van der Waals surface area contributed by atoms with E-state index in [1.807, 2.05) is 18.7 Å². The standard InChI is InChI=1S/C14H21N7O2/c1-10(7-21-9-15-8-16-21)17-14(22)20-5-3-12(4-6-20)13-18-11(2)19-23-13/h8-10,12H,3-7H2,1-2H3,(H,17,22). The van der Waals surface area contributed by atoms with E-state index >= 15 is 0 Å². The van der Waals surface area contributed by atoms with Crippen molar-refractivity contribution >= 4 is 6.03 Å². The first-order valence-electron chi connectivity index (χ1n) is 7.80. The Hall–Kier alpha value is -2.45. The fraction of sp³-hybridized carbons (Fsp3) is 0.643. The number of amides is 2. The Balaban J connectivity index is 1.46. The number of hydrogen-bond donors (Lipinski definition) is 1. The molecule has 0 saturated carbocycles. The van der Waals surface area contributed by atoms with Gasteiger partial charge in [-0.1, -0.05) is 5.16 Å². The molecule has 1 fully saturated rings. The number of piperidine rings is 1. The molecule has 0 bridgehead atoms. The molecular weight excluding hydrogens is 298 g/mol. The number of urea groups is 1. The molecule has 2 aromatic rings. The predicted octanol–water partition coefficient (Wildman–Crippen LogP) is 0.947. The summed E-state index contributed by atoms with van der Waals surface area (Å²) in [4.78, 5) is 22.3. The molecule has 3 rings (SSSR count). The minimum absolute atomic E-state index is 0.0134. The van der Waals surface area contributed by atoms with Crippen molar-refractivity contribution in [1.82, 2.24) is 35.1 Å². The zero-order chi connectivity index (χ0) is 16.2. The minimum Gasteiger partial charge on any atom is -0.339 e. The Kier molecular flexibility index (Phi) is 4.54. The highest BCUT2D eigenvalue weighted by Gasteiger charge is 2.27. The van der Waals surface area contributed by atoms with Gasteiger partial charge in [0.1, 0.15) is 12.7 Å². The monoisotopic (exact) mass is 319 g/mol. The third kappa shape index (κ3) is 3.85. The lowest BCUT2D eigenvalue weighted by molar-refractivity contribution is 0.171. The van der Waals surface area contributed by atoms with Gasteiger partial charge in [0.15, 0.2) is 5.82 Å². The van der Waals surface area contributed by atoms with Crippen LogP contribution in [0, 0.1) is 6.92 Å². The van der Waals surface area contributed by atoms with Crippen molar-refractivity contribution in [3.8, 4) is 0 Å². The Labute approximate surface area is 134 Å². The first kappa shape index (κ1) is 15.4. The number of nitrogens with zero attached hydrogens (tertiary/aromatic N) is 6. The van der Waals surface area contributed by atoms with Gasteiger partial charge >= 0.3 is 6.03 Å². The first-order valence-corrected chi connectivity index (χ1v) is 7.80. The zero-order valence-corrected chi connectivity index (χ0v) is 13.3. The third-order valence-electron chi connectivity index (χ3n) is 3.97. The largest absolute Gasteiger partial charge is 0.339 e. The summed E-state index contributed by atoms with van der Waals surface area (Å²) in [6.45, 7) is 5.74. The van der Waals surface area contributed by atoms with Crippen LogP contribution in [0.3, 0.4) is 0 Å². The van der Waals surface area contributed by atoms with E-state index in [4.69, 9.17) is 4.52 Å². The number of aromatic nitrogens is 5. The molecule has 0 radical (unpaired) electrons. The summed E-state index contributed by atoms with van der Waals surface area (Å²) in [5.74, 6) is 1.58. The van der Waals surface area contributed by atoms with Crippen LogP contribution in [0.2, 0.25) is 0 Å². The van der Waals surface area contributed by atoms with Gasteiger partial charge in [0.2, 0.25) is 5.89 Å². The maximum atomic E-state index is 12.3. The number of aryl methyl sites for hydroxylation is 1. The van der Waals surface area contributed by atoms with E-state index in [2.05, 4.69) is 25.5 Å². The maximum absolute atomic E-state index is 12.3. The van der Waals surface area contributed by atoms with E-state index in [1.54, 1.807) is 11.0 Å². The van der Waals surface area contributed by atoms with Crippen molar-refractivity contribution < 1.29 is 9.32 Å². The molecule has 2 aromatic heterocycles. The molecule has 2 amide bonds. The average Bonchev–Trinajstić information content (AvgIpc) is 3.19. The quantitative estimate of drug-likeness (QED) is 0.900. The molecule has 9 nitrogen and oxygen atoms in total. The van der Waals surface area contributed by atoms with Crippen LogP contribution < -0.4 is 5.32 Å². The molecule has 1 unspecified atom stereocenters. The first-order chi connectivity index (χ1) is 11.1. The van der Waals surface area contributed by atoms with Gasteiger partial charge in [0, 0.05) is 25.0 Å². The van der Waals surface area contributed by atoms with Crippen LogP contribution >= 0.6 is 0 Å². The lowest BCUT2D eigenvalue weighted by Crippen LogP contribution is -2.47. The van der Waals surface area contributed by atoms with Gasteiger partial charge in [-0.3, -0.25) is 4.68 Å². The van der Waals surface area contributed by atoms with Crippen molar-refractivity contribution in [2.24, 2.45) is 0 Å². The average molecular weight is 319 g/mol. The van der Waals surface area contributed by atoms with Crippen molar-refractivity contribution in [2.45, 2.75) is 45.2 Å². The molecular formula is C14H21N7O2. The van der Waals surface area contributed by atoms with E-state index in [1.165, 1.54) is 6.33 Å². The lowest BCUT2D eigenvalue weighted by atomic mass is 9.97. The smallest absolute Gasteiger partial charge is 0.317 e. The van der Waals surface area contributed by atoms with Crippen LogP contribution in [-0.4, -0.2) is 55.0 Å². The van der Waals surface area contributed by atoms with Crippen molar-refractivity contribution in [3.63, 3.8) is 0 Å². The number of carbonyl (C=O) groups excluding carboxylic acids is 1. The molecule has 9 heteroatoms. The predicted molar refractivity (Wildman–Crippen MR) is 80.6 cm³/mol. The Morgan fingerprint density at radius 3 is 2.87 bits per heavy atom. The summed E-state index contributed by atoms with van der Waals surface area (Å²) in [7, 11) is 0. The Morgan fingerprint density at radius 2 is 2.26 bits per heavy atom. The molecule has 0 aliphatic carbocycles. The van der Waals surface area contributed by atoms with Gasteiger partial charge in [-0.2, -0.15) is 10.1 Å². The van der Waals surface area contributed by atoms with Crippen LogP contribution in [0.15, 0.2) is 17.2 Å². The molecule has 0 aromatic carbocycles. The van der Waals surface area contributed by atoms with Crippen LogP contribution in [0.5, 0.6) is 0 Å². The van der Waals surface area contributed by atoms with Gasteiger partial charge in [-0.05, 0) is 26.7 Å². The van der Waals surface area contributed by atoms with Gasteiger partial charge < -0.3 is 14.7 Å². The molecule has 23 heavy (non-hydrogen) atoms. The SMILES string of the molecule is Cc1noc(C2CCN(C(=O)NC(C)Cn3cncn3)CC2)n1. The van der Waals surface area contributed by atoms with Gasteiger partial charge in [0.05, 0.1) is 6.54 Å². The molecule has 1 aliphatic rings. The highest BCUT2D eigenvalue weighted by molar-refractivity contribution is 5.74. The van der Waals surface area contributed by atoms with Crippen LogP contribution in [0.1, 0.15) is 37.4 Å². The van der Waals surface area contributed by atoms with Crippen molar-refractivity contribution in [2.75, 3.05) is 13.1 Å². The lowest BCUT2D eigenvalue weighted by Gasteiger charge is -2.31. The molecule has 1 saturated heterocycles. The van der Waals surface area contributed by atoms with E-state index in [0.717, 1.165) is 12.8 Å². The molecule has 3 heterocycles. The van der Waals surface area contributed by atoms with Crippen LogP contribution in [0.4, 0.5) is 4.79 Å². The molecule has 1 atom stereocenters. The second-order valence-electron chi connectivity index (χ2n) is 5.91. The van der Waals surface area contributed by atoms with E-state index in [0.29, 0.717) is 31.3 Å². The summed E-state index contributed by atoms with van der Waals surface area (Å²) in [6, 6.07) is -0.0571. The highest BCUT2D eigenvalue weighted by Crippen LogP contribution is 2.26. The Bertz CT molecular complexity index is 631. The summed E-state index contributed by atoms with van der Waals surface area (Å²) in [6.07, 6.45) is 4.80.